The fraction of sp³-hybridized carbons (Fsp3) is 0.316. The van der Waals surface area contributed by atoms with Crippen molar-refractivity contribution in [1.29, 1.82) is 0 Å². The summed E-state index contributed by atoms with van der Waals surface area (Å²) in [5.41, 5.74) is 5.24. The van der Waals surface area contributed by atoms with Crippen molar-refractivity contribution in [3.63, 3.8) is 0 Å². The van der Waals surface area contributed by atoms with Gasteiger partial charge in [0.1, 0.15) is 5.82 Å². The van der Waals surface area contributed by atoms with Crippen LogP contribution in [0.1, 0.15) is 29.0 Å². The Morgan fingerprint density at radius 3 is 2.35 bits per heavy atom. The number of carbonyl (C=O) groups excluding carboxylic acids is 2. The first-order valence-corrected chi connectivity index (χ1v) is 9.53. The van der Waals surface area contributed by atoms with Gasteiger partial charge >= 0.3 is 6.18 Å². The lowest BCUT2D eigenvalue weighted by Gasteiger charge is -2.32. The van der Waals surface area contributed by atoms with E-state index < -0.39 is 17.9 Å². The molecule has 4 rings (SSSR count). The van der Waals surface area contributed by atoms with Gasteiger partial charge in [0.25, 0.3) is 11.7 Å². The summed E-state index contributed by atoms with van der Waals surface area (Å²) in [6.07, 6.45) is -3.75. The number of nitrogens with one attached hydrogen (secondary N) is 2. The molecule has 0 aliphatic carbocycles. The molecular formula is C19H18F3N7O2. The predicted molar refractivity (Wildman–Crippen MR) is 103 cm³/mol. The lowest BCUT2D eigenvalue weighted by Crippen LogP contribution is -2.47. The van der Waals surface area contributed by atoms with E-state index in [9.17, 15) is 22.8 Å². The zero-order chi connectivity index (χ0) is 22.0. The molecule has 1 saturated heterocycles. The van der Waals surface area contributed by atoms with Crippen LogP contribution in [0.3, 0.4) is 0 Å². The van der Waals surface area contributed by atoms with Gasteiger partial charge in [-0.05, 0) is 37.1 Å². The molecule has 3 heterocycles. The smallest absolute Gasteiger partial charge is 0.355 e. The molecule has 9 nitrogen and oxygen atoms in total. The highest BCUT2D eigenvalue weighted by atomic mass is 19.4. The highest BCUT2D eigenvalue weighted by Gasteiger charge is 2.38. The second-order valence-corrected chi connectivity index (χ2v) is 7.05. The Balaban J connectivity index is 1.35. The number of aromatic nitrogens is 4. The van der Waals surface area contributed by atoms with Gasteiger partial charge in [0.2, 0.25) is 5.91 Å². The average Bonchev–Trinajstić information content (AvgIpc) is 3.22. The first kappa shape index (κ1) is 20.6. The zero-order valence-corrected chi connectivity index (χ0v) is 16.1. The fourth-order valence-electron chi connectivity index (χ4n) is 3.38. The monoisotopic (exact) mass is 433 g/mol. The van der Waals surface area contributed by atoms with Gasteiger partial charge in [-0.25, -0.2) is 0 Å². The second-order valence-electron chi connectivity index (χ2n) is 7.05. The van der Waals surface area contributed by atoms with Crippen LogP contribution < -0.4 is 15.8 Å². The molecule has 3 aromatic rings. The summed E-state index contributed by atoms with van der Waals surface area (Å²) in [6, 6.07) is 11.5. The highest BCUT2D eigenvalue weighted by Crippen LogP contribution is 2.28. The Hall–Kier alpha value is -3.70. The molecule has 162 valence electrons. The minimum atomic E-state index is -4.67. The first-order chi connectivity index (χ1) is 14.8. The van der Waals surface area contributed by atoms with Crippen molar-refractivity contribution in [3.05, 3.63) is 53.9 Å². The number of hydrazine groups is 1. The third-order valence-electron chi connectivity index (χ3n) is 5.03. The van der Waals surface area contributed by atoms with Crippen LogP contribution in [0.2, 0.25) is 0 Å². The molecule has 31 heavy (non-hydrogen) atoms. The topological polar surface area (TPSA) is 105 Å². The van der Waals surface area contributed by atoms with Gasteiger partial charge in [-0.1, -0.05) is 18.2 Å². The number of hydrogen-bond donors (Lipinski definition) is 2. The summed E-state index contributed by atoms with van der Waals surface area (Å²) in [7, 11) is 0. The largest absolute Gasteiger partial charge is 0.453 e. The SMILES string of the molecule is O=C(NNC(=O)C1CCN(c2ccc3nnc(C(F)(F)F)n3n2)CC1)c1ccccc1. The maximum atomic E-state index is 13.1. The highest BCUT2D eigenvalue weighted by molar-refractivity contribution is 5.95. The van der Waals surface area contributed by atoms with E-state index in [-0.39, 0.29) is 17.5 Å². The molecule has 1 aliphatic heterocycles. The predicted octanol–water partition coefficient (Wildman–Crippen LogP) is 1.82. The Bertz CT molecular complexity index is 1090. The van der Waals surface area contributed by atoms with Crippen LogP contribution >= 0.6 is 0 Å². The number of carbonyl (C=O) groups is 2. The number of rotatable bonds is 3. The maximum absolute atomic E-state index is 13.1. The molecule has 0 atom stereocenters. The number of benzene rings is 1. The normalized spacial score (nSPS) is 15.1. The molecule has 0 bridgehead atoms. The third-order valence-corrected chi connectivity index (χ3v) is 5.03. The van der Waals surface area contributed by atoms with E-state index in [1.165, 1.54) is 6.07 Å². The average molecular weight is 433 g/mol. The van der Waals surface area contributed by atoms with Gasteiger partial charge in [0, 0.05) is 24.6 Å². The number of piperidine rings is 1. The van der Waals surface area contributed by atoms with Crippen molar-refractivity contribution in [2.45, 2.75) is 19.0 Å². The molecular weight excluding hydrogens is 415 g/mol. The minimum absolute atomic E-state index is 0.000466. The number of hydrogen-bond acceptors (Lipinski definition) is 6. The maximum Gasteiger partial charge on any atom is 0.453 e. The number of fused-ring (bicyclic) bond motifs is 1. The van der Waals surface area contributed by atoms with Gasteiger partial charge in [0.15, 0.2) is 5.65 Å². The van der Waals surface area contributed by atoms with E-state index in [1.54, 1.807) is 41.3 Å². The van der Waals surface area contributed by atoms with E-state index in [0.29, 0.717) is 41.8 Å². The molecule has 1 fully saturated rings. The number of alkyl halides is 3. The summed E-state index contributed by atoms with van der Waals surface area (Å²) in [4.78, 5) is 26.2. The van der Waals surface area contributed by atoms with Crippen LogP contribution in [0.5, 0.6) is 0 Å². The molecule has 0 spiro atoms. The number of anilines is 1. The molecule has 0 radical (unpaired) electrons. The van der Waals surface area contributed by atoms with Gasteiger partial charge < -0.3 is 4.90 Å². The Morgan fingerprint density at radius 1 is 0.968 bits per heavy atom. The summed E-state index contributed by atoms with van der Waals surface area (Å²) in [5.74, 6) is -1.91. The molecule has 0 unspecified atom stereocenters. The number of amides is 2. The molecule has 2 N–H and O–H groups in total. The van der Waals surface area contributed by atoms with E-state index in [2.05, 4.69) is 26.1 Å². The van der Waals surface area contributed by atoms with Crippen molar-refractivity contribution in [2.75, 3.05) is 18.0 Å². The fourth-order valence-corrected chi connectivity index (χ4v) is 3.38. The van der Waals surface area contributed by atoms with E-state index in [4.69, 9.17) is 0 Å². The standard InChI is InChI=1S/C19H18F3N7O2/c20-19(21,22)18-26-23-14-6-7-15(27-29(14)18)28-10-8-13(9-11-28)17(31)25-24-16(30)12-4-2-1-3-5-12/h1-7,13H,8-11H2,(H,24,30)(H,25,31). The molecule has 2 amide bonds. The Morgan fingerprint density at radius 2 is 1.68 bits per heavy atom. The van der Waals surface area contributed by atoms with E-state index >= 15 is 0 Å². The molecule has 0 saturated carbocycles. The van der Waals surface area contributed by atoms with Crippen molar-refractivity contribution in [2.24, 2.45) is 5.92 Å². The molecule has 2 aromatic heterocycles. The van der Waals surface area contributed by atoms with Crippen molar-refractivity contribution in [1.82, 2.24) is 30.7 Å². The molecule has 12 heteroatoms. The van der Waals surface area contributed by atoms with Gasteiger partial charge in [-0.15, -0.1) is 15.3 Å². The van der Waals surface area contributed by atoms with Crippen LogP contribution in [0, 0.1) is 5.92 Å². The molecule has 1 aromatic carbocycles. The number of halogens is 3. The van der Waals surface area contributed by atoms with Gasteiger partial charge in [0.05, 0.1) is 0 Å². The summed E-state index contributed by atoms with van der Waals surface area (Å²) < 4.78 is 39.8. The lowest BCUT2D eigenvalue weighted by atomic mass is 9.96. The van der Waals surface area contributed by atoms with Crippen molar-refractivity contribution in [3.8, 4) is 0 Å². The summed E-state index contributed by atoms with van der Waals surface area (Å²) >= 11 is 0. The van der Waals surface area contributed by atoms with Gasteiger partial charge in [-0.2, -0.15) is 17.7 Å². The molecule has 1 aliphatic rings. The van der Waals surface area contributed by atoms with Gasteiger partial charge in [-0.3, -0.25) is 20.4 Å². The van der Waals surface area contributed by atoms with Crippen LogP contribution in [0.4, 0.5) is 19.0 Å². The van der Waals surface area contributed by atoms with Crippen molar-refractivity contribution >= 4 is 23.3 Å². The Kier molecular flexibility index (Phi) is 5.44. The van der Waals surface area contributed by atoms with Crippen LogP contribution in [0.25, 0.3) is 5.65 Å². The van der Waals surface area contributed by atoms with Crippen LogP contribution in [-0.4, -0.2) is 44.7 Å². The van der Waals surface area contributed by atoms with Crippen LogP contribution in [0.15, 0.2) is 42.5 Å². The quantitative estimate of drug-likeness (QED) is 0.611. The zero-order valence-electron chi connectivity index (χ0n) is 16.1. The number of nitrogens with zero attached hydrogens (tertiary/aromatic N) is 5. The van der Waals surface area contributed by atoms with Crippen molar-refractivity contribution < 1.29 is 22.8 Å². The third kappa shape index (κ3) is 4.42. The minimum Gasteiger partial charge on any atom is -0.355 e. The summed E-state index contributed by atoms with van der Waals surface area (Å²) in [5, 5.41) is 10.7. The van der Waals surface area contributed by atoms with Crippen LogP contribution in [-0.2, 0) is 11.0 Å². The Labute approximate surface area is 174 Å². The summed E-state index contributed by atoms with van der Waals surface area (Å²) in [6.45, 7) is 0.847. The second kappa shape index (κ2) is 8.20. The first-order valence-electron chi connectivity index (χ1n) is 9.53. The van der Waals surface area contributed by atoms with E-state index in [1.807, 2.05) is 0 Å². The lowest BCUT2D eigenvalue weighted by molar-refractivity contribution is -0.146. The van der Waals surface area contributed by atoms with E-state index in [0.717, 1.165) is 0 Å².